The minimum Gasteiger partial charge on any atom is -0.507 e. The predicted octanol–water partition coefficient (Wildman–Crippen LogP) is 5.49. The molecule has 3 aromatic carbocycles. The first kappa shape index (κ1) is 22.2. The summed E-state index contributed by atoms with van der Waals surface area (Å²) in [6.45, 7) is 5.62. The molecule has 0 radical (unpaired) electrons. The van der Waals surface area contributed by atoms with E-state index >= 15 is 0 Å². The molecule has 0 heterocycles. The molecule has 2 N–H and O–H groups in total. The fourth-order valence-corrected chi connectivity index (χ4v) is 3.41. The zero-order valence-electron chi connectivity index (χ0n) is 17.8. The Balaban J connectivity index is 2.08. The number of aliphatic imine (C=N–C) groups is 1. The van der Waals surface area contributed by atoms with Gasteiger partial charge in [0, 0.05) is 29.5 Å². The van der Waals surface area contributed by atoms with Crippen LogP contribution in [-0.4, -0.2) is 21.4 Å². The molecule has 31 heavy (non-hydrogen) atoms. The van der Waals surface area contributed by atoms with E-state index in [-0.39, 0.29) is 17.0 Å². The number of phenols is 1. The molecule has 3 aromatic rings. The van der Waals surface area contributed by atoms with E-state index in [1.54, 1.807) is 0 Å². The van der Waals surface area contributed by atoms with Crippen molar-refractivity contribution in [1.29, 1.82) is 0 Å². The second-order valence-electron chi connectivity index (χ2n) is 8.43. The van der Waals surface area contributed by atoms with Crippen molar-refractivity contribution in [3.8, 4) is 5.75 Å². The number of nitro groups is 1. The lowest BCUT2D eigenvalue weighted by Gasteiger charge is -2.22. The molecule has 0 saturated carbocycles. The van der Waals surface area contributed by atoms with Crippen molar-refractivity contribution >= 4 is 11.9 Å². The van der Waals surface area contributed by atoms with E-state index in [1.165, 1.54) is 18.3 Å². The molecule has 0 spiro atoms. The van der Waals surface area contributed by atoms with Crippen molar-refractivity contribution in [2.75, 3.05) is 0 Å². The third-order valence-electron chi connectivity index (χ3n) is 5.10. The van der Waals surface area contributed by atoms with Gasteiger partial charge in [0.15, 0.2) is 0 Å². The summed E-state index contributed by atoms with van der Waals surface area (Å²) in [5.74, 6) is -0.0529. The summed E-state index contributed by atoms with van der Waals surface area (Å²) >= 11 is 0. The molecule has 0 aliphatic heterocycles. The van der Waals surface area contributed by atoms with Crippen LogP contribution < -0.4 is 0 Å². The van der Waals surface area contributed by atoms with Crippen LogP contribution in [0.25, 0.3) is 0 Å². The minimum atomic E-state index is -0.928. The smallest absolute Gasteiger partial charge is 0.270 e. The van der Waals surface area contributed by atoms with E-state index < -0.39 is 22.5 Å². The first-order valence-corrected chi connectivity index (χ1v) is 10.0. The molecule has 0 aromatic heterocycles. The van der Waals surface area contributed by atoms with Gasteiger partial charge in [-0.25, -0.2) is 0 Å². The molecule has 3 rings (SSSR count). The molecular formula is C25H26N2O4. The molecule has 0 saturated heterocycles. The molecule has 0 amide bonds. The predicted molar refractivity (Wildman–Crippen MR) is 122 cm³/mol. The van der Waals surface area contributed by atoms with Crippen LogP contribution in [0.15, 0.2) is 77.8 Å². The second kappa shape index (κ2) is 9.10. The zero-order chi connectivity index (χ0) is 22.6. The molecule has 2 atom stereocenters. The molecule has 6 nitrogen and oxygen atoms in total. The van der Waals surface area contributed by atoms with Gasteiger partial charge in [-0.3, -0.25) is 15.1 Å². The Morgan fingerprint density at radius 3 is 2.03 bits per heavy atom. The van der Waals surface area contributed by atoms with E-state index in [2.05, 4.69) is 4.99 Å². The van der Waals surface area contributed by atoms with Crippen LogP contribution in [0.4, 0.5) is 5.69 Å². The van der Waals surface area contributed by atoms with E-state index in [4.69, 9.17) is 0 Å². The first-order chi connectivity index (χ1) is 14.7. The molecule has 0 bridgehead atoms. The average Bonchev–Trinajstić information content (AvgIpc) is 2.75. The topological polar surface area (TPSA) is 96.0 Å². The number of aliphatic hydroxyl groups is 1. The van der Waals surface area contributed by atoms with Gasteiger partial charge in [0.1, 0.15) is 17.9 Å². The normalized spacial score (nSPS) is 13.8. The van der Waals surface area contributed by atoms with Crippen molar-refractivity contribution in [1.82, 2.24) is 0 Å². The Morgan fingerprint density at radius 1 is 0.968 bits per heavy atom. The summed E-state index contributed by atoms with van der Waals surface area (Å²) in [4.78, 5) is 15.5. The highest BCUT2D eigenvalue weighted by molar-refractivity contribution is 5.86. The van der Waals surface area contributed by atoms with Crippen molar-refractivity contribution in [3.05, 3.63) is 105 Å². The van der Waals surface area contributed by atoms with Gasteiger partial charge in [-0.05, 0) is 16.5 Å². The SMILES string of the molecule is CC(C)(C)c1cc([N+](=O)[O-])cc(C=N[C@@H](c2ccccc2)[C@H](O)c2ccccc2)c1O. The quantitative estimate of drug-likeness (QED) is 0.314. The van der Waals surface area contributed by atoms with Crippen molar-refractivity contribution < 1.29 is 15.1 Å². The van der Waals surface area contributed by atoms with Gasteiger partial charge < -0.3 is 10.2 Å². The number of nitrogens with zero attached hydrogens (tertiary/aromatic N) is 2. The summed E-state index contributed by atoms with van der Waals surface area (Å²) in [7, 11) is 0. The maximum absolute atomic E-state index is 11.4. The van der Waals surface area contributed by atoms with E-state index in [0.29, 0.717) is 11.1 Å². The standard InChI is InChI=1S/C25H26N2O4/c1-25(2,3)21-15-20(27(30)31)14-19(23(21)28)16-26-22(17-10-6-4-7-11-17)24(29)18-12-8-5-9-13-18/h4-16,22,24,28-29H,1-3H3/t22-,24+/m0/s1. The number of hydrogen-bond acceptors (Lipinski definition) is 5. The van der Waals surface area contributed by atoms with Gasteiger partial charge in [0.2, 0.25) is 0 Å². The number of hydrogen-bond donors (Lipinski definition) is 2. The number of nitro benzene ring substituents is 1. The molecule has 0 aliphatic rings. The molecule has 0 aliphatic carbocycles. The van der Waals surface area contributed by atoms with Crippen molar-refractivity contribution in [3.63, 3.8) is 0 Å². The number of rotatable bonds is 6. The molecule has 160 valence electrons. The third kappa shape index (κ3) is 5.16. The lowest BCUT2D eigenvalue weighted by molar-refractivity contribution is -0.385. The van der Waals surface area contributed by atoms with Gasteiger partial charge in [-0.1, -0.05) is 81.4 Å². The number of non-ortho nitro benzene ring substituents is 1. The van der Waals surface area contributed by atoms with Gasteiger partial charge >= 0.3 is 0 Å². The fourth-order valence-electron chi connectivity index (χ4n) is 3.41. The summed E-state index contributed by atoms with van der Waals surface area (Å²) in [6.07, 6.45) is 0.476. The Kier molecular flexibility index (Phi) is 6.51. The van der Waals surface area contributed by atoms with Crippen LogP contribution in [0.3, 0.4) is 0 Å². The minimum absolute atomic E-state index is 0.0529. The Morgan fingerprint density at radius 2 is 1.52 bits per heavy atom. The third-order valence-corrected chi connectivity index (χ3v) is 5.10. The summed E-state index contributed by atoms with van der Waals surface area (Å²) < 4.78 is 0. The van der Waals surface area contributed by atoms with Crippen LogP contribution in [0.5, 0.6) is 5.75 Å². The van der Waals surface area contributed by atoms with Crippen LogP contribution in [0.2, 0.25) is 0 Å². The lowest BCUT2D eigenvalue weighted by atomic mass is 9.85. The second-order valence-corrected chi connectivity index (χ2v) is 8.43. The highest BCUT2D eigenvalue weighted by Gasteiger charge is 2.25. The number of benzene rings is 3. The van der Waals surface area contributed by atoms with Crippen molar-refractivity contribution in [2.24, 2.45) is 4.99 Å². The zero-order valence-corrected chi connectivity index (χ0v) is 17.8. The highest BCUT2D eigenvalue weighted by Crippen LogP contribution is 2.37. The maximum atomic E-state index is 11.4. The van der Waals surface area contributed by atoms with Crippen molar-refractivity contribution in [2.45, 2.75) is 38.3 Å². The monoisotopic (exact) mass is 418 g/mol. The molecule has 0 unspecified atom stereocenters. The van der Waals surface area contributed by atoms with Gasteiger partial charge in [0.25, 0.3) is 5.69 Å². The Hall–Kier alpha value is -3.51. The molecular weight excluding hydrogens is 392 g/mol. The van der Waals surface area contributed by atoms with Crippen LogP contribution >= 0.6 is 0 Å². The van der Waals surface area contributed by atoms with Gasteiger partial charge in [-0.2, -0.15) is 0 Å². The summed E-state index contributed by atoms with van der Waals surface area (Å²) in [6, 6.07) is 20.5. The van der Waals surface area contributed by atoms with Gasteiger partial charge in [-0.15, -0.1) is 0 Å². The fraction of sp³-hybridized carbons (Fsp3) is 0.240. The summed E-state index contributed by atoms with van der Waals surface area (Å²) in [5.41, 5.74) is 1.57. The lowest BCUT2D eigenvalue weighted by Crippen LogP contribution is -2.13. The van der Waals surface area contributed by atoms with E-state index in [0.717, 1.165) is 5.56 Å². The van der Waals surface area contributed by atoms with Crippen LogP contribution in [-0.2, 0) is 5.41 Å². The van der Waals surface area contributed by atoms with Crippen LogP contribution in [0.1, 0.15) is 55.2 Å². The number of aliphatic hydroxyl groups excluding tert-OH is 1. The Labute approximate surface area is 181 Å². The van der Waals surface area contributed by atoms with Crippen LogP contribution in [0, 0.1) is 10.1 Å². The number of phenolic OH excluding ortho intramolecular Hbond substituents is 1. The summed E-state index contributed by atoms with van der Waals surface area (Å²) in [5, 5.41) is 33.3. The molecule has 0 fully saturated rings. The van der Waals surface area contributed by atoms with E-state index in [9.17, 15) is 20.3 Å². The molecule has 6 heteroatoms. The maximum Gasteiger partial charge on any atom is 0.270 e. The largest absolute Gasteiger partial charge is 0.507 e. The highest BCUT2D eigenvalue weighted by atomic mass is 16.6. The Bertz CT molecular complexity index is 1070. The van der Waals surface area contributed by atoms with Gasteiger partial charge in [0.05, 0.1) is 4.92 Å². The first-order valence-electron chi connectivity index (χ1n) is 10.0. The average molecular weight is 418 g/mol. The number of aromatic hydroxyl groups is 1. The van der Waals surface area contributed by atoms with E-state index in [1.807, 2.05) is 81.4 Å².